The summed E-state index contributed by atoms with van der Waals surface area (Å²) < 4.78 is 0. The second-order valence-corrected chi connectivity index (χ2v) is 6.37. The molecular weight excluding hydrogens is 300 g/mol. The van der Waals surface area contributed by atoms with Gasteiger partial charge < -0.3 is 11.1 Å². The number of pyridine rings is 1. The smallest absolute Gasteiger partial charge is 0.221 e. The quantitative estimate of drug-likeness (QED) is 0.856. The number of hydrogen-bond donors (Lipinski definition) is 2. The van der Waals surface area contributed by atoms with E-state index in [1.807, 2.05) is 18.2 Å². The minimum Gasteiger partial charge on any atom is -0.369 e. The van der Waals surface area contributed by atoms with E-state index >= 15 is 0 Å². The van der Waals surface area contributed by atoms with E-state index in [0.717, 1.165) is 44.8 Å². The molecule has 3 N–H and O–H groups in total. The van der Waals surface area contributed by atoms with Gasteiger partial charge in [0.2, 0.25) is 5.91 Å². The third-order valence-electron chi connectivity index (χ3n) is 4.44. The molecule has 1 aliphatic rings. The van der Waals surface area contributed by atoms with E-state index in [4.69, 9.17) is 5.73 Å². The number of piperidine rings is 1. The van der Waals surface area contributed by atoms with Crippen molar-refractivity contribution in [2.24, 2.45) is 11.7 Å². The highest BCUT2D eigenvalue weighted by Crippen LogP contribution is 2.19. The number of amides is 1. The second-order valence-electron chi connectivity index (χ2n) is 6.37. The van der Waals surface area contributed by atoms with Crippen LogP contribution in [0.2, 0.25) is 0 Å². The Labute approximate surface area is 142 Å². The number of carbonyl (C=O) groups excluding carboxylic acids is 1. The number of primary amides is 1. The van der Waals surface area contributed by atoms with E-state index in [9.17, 15) is 4.79 Å². The minimum absolute atomic E-state index is 0.00671. The molecule has 1 fully saturated rings. The normalized spacial score (nSPS) is 18.2. The van der Waals surface area contributed by atoms with Crippen molar-refractivity contribution in [1.82, 2.24) is 9.88 Å². The molecule has 5 heteroatoms. The van der Waals surface area contributed by atoms with Gasteiger partial charge in [-0.3, -0.25) is 9.69 Å². The van der Waals surface area contributed by atoms with Crippen LogP contribution in [0, 0.1) is 5.92 Å². The average Bonchev–Trinajstić information content (AvgIpc) is 2.61. The molecule has 1 aromatic heterocycles. The summed E-state index contributed by atoms with van der Waals surface area (Å²) in [6, 6.07) is 14.4. The molecule has 126 valence electrons. The Morgan fingerprint density at radius 3 is 2.92 bits per heavy atom. The molecule has 1 atom stereocenters. The third-order valence-corrected chi connectivity index (χ3v) is 4.44. The molecule has 2 aromatic rings. The highest BCUT2D eigenvalue weighted by molar-refractivity contribution is 5.76. The van der Waals surface area contributed by atoms with Crippen LogP contribution in [0.5, 0.6) is 0 Å². The average molecular weight is 324 g/mol. The van der Waals surface area contributed by atoms with Gasteiger partial charge >= 0.3 is 0 Å². The molecular formula is C19H24N4O. The first-order chi connectivity index (χ1) is 11.7. The number of benzene rings is 1. The van der Waals surface area contributed by atoms with Gasteiger partial charge in [-0.2, -0.15) is 0 Å². The molecule has 1 amide bonds. The molecule has 5 nitrogen and oxygen atoms in total. The van der Waals surface area contributed by atoms with E-state index < -0.39 is 0 Å². The van der Waals surface area contributed by atoms with Crippen molar-refractivity contribution in [2.75, 3.05) is 18.4 Å². The molecule has 0 radical (unpaired) electrons. The van der Waals surface area contributed by atoms with Crippen LogP contribution in [-0.4, -0.2) is 28.9 Å². The van der Waals surface area contributed by atoms with Crippen molar-refractivity contribution in [3.05, 3.63) is 59.8 Å². The molecule has 24 heavy (non-hydrogen) atoms. The van der Waals surface area contributed by atoms with Crippen LogP contribution in [0.25, 0.3) is 0 Å². The molecule has 1 unspecified atom stereocenters. The Bertz CT molecular complexity index is 674. The number of anilines is 1. The molecule has 2 heterocycles. The predicted molar refractivity (Wildman–Crippen MR) is 95.2 cm³/mol. The molecule has 1 aliphatic heterocycles. The van der Waals surface area contributed by atoms with Gasteiger partial charge in [0, 0.05) is 25.8 Å². The second kappa shape index (κ2) is 7.93. The van der Waals surface area contributed by atoms with E-state index in [0.29, 0.717) is 0 Å². The predicted octanol–water partition coefficient (Wildman–Crippen LogP) is 2.39. The fourth-order valence-corrected chi connectivity index (χ4v) is 3.19. The topological polar surface area (TPSA) is 71.2 Å². The van der Waals surface area contributed by atoms with Crippen molar-refractivity contribution in [2.45, 2.75) is 25.9 Å². The van der Waals surface area contributed by atoms with Gasteiger partial charge in [0.25, 0.3) is 0 Å². The molecule has 1 aromatic carbocycles. The maximum absolute atomic E-state index is 11.4. The lowest BCUT2D eigenvalue weighted by Gasteiger charge is -2.31. The van der Waals surface area contributed by atoms with Crippen LogP contribution in [-0.2, 0) is 17.9 Å². The van der Waals surface area contributed by atoms with Crippen LogP contribution in [0.3, 0.4) is 0 Å². The van der Waals surface area contributed by atoms with Crippen LogP contribution < -0.4 is 11.1 Å². The molecule has 0 bridgehead atoms. The number of nitrogens with two attached hydrogens (primary N) is 1. The highest BCUT2D eigenvalue weighted by atomic mass is 16.1. The Balaban J connectivity index is 1.58. The zero-order chi connectivity index (χ0) is 16.8. The molecule has 0 saturated carbocycles. The van der Waals surface area contributed by atoms with Crippen molar-refractivity contribution in [1.29, 1.82) is 0 Å². The summed E-state index contributed by atoms with van der Waals surface area (Å²) in [5, 5.41) is 3.33. The SMILES string of the molecule is NC(=O)C1CCCN(Cc2cccc(CNc3ccccn3)c2)C1. The molecule has 1 saturated heterocycles. The number of carbonyl (C=O) groups is 1. The van der Waals surface area contributed by atoms with Crippen LogP contribution >= 0.6 is 0 Å². The standard InChI is InChI=1S/C19H24N4O/c20-19(24)17-7-4-10-23(14-17)13-16-6-3-5-15(11-16)12-22-18-8-1-2-9-21-18/h1-3,5-6,8-9,11,17H,4,7,10,12-14H2,(H2,20,24)(H,21,22). The summed E-state index contributed by atoms with van der Waals surface area (Å²) in [5.41, 5.74) is 7.95. The Hall–Kier alpha value is -2.40. The Morgan fingerprint density at radius 2 is 2.12 bits per heavy atom. The lowest BCUT2D eigenvalue weighted by molar-refractivity contribution is -0.123. The van der Waals surface area contributed by atoms with Crippen molar-refractivity contribution < 1.29 is 4.79 Å². The lowest BCUT2D eigenvalue weighted by Crippen LogP contribution is -2.40. The van der Waals surface area contributed by atoms with Gasteiger partial charge in [-0.25, -0.2) is 4.98 Å². The van der Waals surface area contributed by atoms with E-state index in [2.05, 4.69) is 39.5 Å². The third kappa shape index (κ3) is 4.55. The zero-order valence-electron chi connectivity index (χ0n) is 13.8. The van der Waals surface area contributed by atoms with Crippen molar-refractivity contribution in [3.8, 4) is 0 Å². The summed E-state index contributed by atoms with van der Waals surface area (Å²) in [7, 11) is 0. The van der Waals surface area contributed by atoms with Crippen LogP contribution in [0.4, 0.5) is 5.82 Å². The summed E-state index contributed by atoms with van der Waals surface area (Å²) in [4.78, 5) is 18.0. The fraction of sp³-hybridized carbons (Fsp3) is 0.368. The fourth-order valence-electron chi connectivity index (χ4n) is 3.19. The molecule has 0 spiro atoms. The van der Waals surface area contributed by atoms with Gasteiger partial charge in [-0.15, -0.1) is 0 Å². The maximum Gasteiger partial charge on any atom is 0.221 e. The summed E-state index contributed by atoms with van der Waals surface area (Å²) in [5.74, 6) is 0.698. The number of hydrogen-bond acceptors (Lipinski definition) is 4. The summed E-state index contributed by atoms with van der Waals surface area (Å²) >= 11 is 0. The highest BCUT2D eigenvalue weighted by Gasteiger charge is 2.23. The first kappa shape index (κ1) is 16.5. The largest absolute Gasteiger partial charge is 0.369 e. The number of nitrogens with one attached hydrogen (secondary N) is 1. The van der Waals surface area contributed by atoms with E-state index in [1.165, 1.54) is 11.1 Å². The number of rotatable bonds is 6. The summed E-state index contributed by atoms with van der Waals surface area (Å²) in [6.07, 6.45) is 3.73. The van der Waals surface area contributed by atoms with Crippen LogP contribution in [0.15, 0.2) is 48.7 Å². The number of nitrogens with zero attached hydrogens (tertiary/aromatic N) is 2. The monoisotopic (exact) mass is 324 g/mol. The molecule has 0 aliphatic carbocycles. The first-order valence-corrected chi connectivity index (χ1v) is 8.45. The van der Waals surface area contributed by atoms with Gasteiger partial charge in [0.15, 0.2) is 0 Å². The maximum atomic E-state index is 11.4. The Kier molecular flexibility index (Phi) is 5.43. The summed E-state index contributed by atoms with van der Waals surface area (Å²) in [6.45, 7) is 3.40. The van der Waals surface area contributed by atoms with Gasteiger partial charge in [-0.05, 0) is 42.6 Å². The number of aromatic nitrogens is 1. The lowest BCUT2D eigenvalue weighted by atomic mass is 9.97. The van der Waals surface area contributed by atoms with Gasteiger partial charge in [0.1, 0.15) is 5.82 Å². The zero-order valence-corrected chi connectivity index (χ0v) is 13.8. The number of likely N-dealkylation sites (tertiary alicyclic amines) is 1. The van der Waals surface area contributed by atoms with Gasteiger partial charge in [-0.1, -0.05) is 30.3 Å². The van der Waals surface area contributed by atoms with Crippen molar-refractivity contribution >= 4 is 11.7 Å². The Morgan fingerprint density at radius 1 is 1.25 bits per heavy atom. The minimum atomic E-state index is -0.173. The molecule has 3 rings (SSSR count). The van der Waals surface area contributed by atoms with E-state index in [1.54, 1.807) is 6.20 Å². The van der Waals surface area contributed by atoms with E-state index in [-0.39, 0.29) is 11.8 Å². The van der Waals surface area contributed by atoms with Gasteiger partial charge in [0.05, 0.1) is 5.92 Å². The van der Waals surface area contributed by atoms with Crippen molar-refractivity contribution in [3.63, 3.8) is 0 Å². The van der Waals surface area contributed by atoms with Crippen LogP contribution in [0.1, 0.15) is 24.0 Å². The first-order valence-electron chi connectivity index (χ1n) is 8.45.